The van der Waals surface area contributed by atoms with Crippen LogP contribution >= 0.6 is 0 Å². The first-order valence-corrected chi connectivity index (χ1v) is 7.97. The molecule has 0 amide bonds. The molecule has 0 N–H and O–H groups in total. The van der Waals surface area contributed by atoms with Crippen LogP contribution in [0.4, 0.5) is 4.39 Å². The maximum Gasteiger partial charge on any atom is 0.165 e. The van der Waals surface area contributed by atoms with E-state index in [0.717, 1.165) is 37.5 Å². The zero-order valence-corrected chi connectivity index (χ0v) is 13.3. The first-order chi connectivity index (χ1) is 11.3. The van der Waals surface area contributed by atoms with Crippen molar-refractivity contribution in [3.05, 3.63) is 53.7 Å². The van der Waals surface area contributed by atoms with E-state index >= 15 is 0 Å². The van der Waals surface area contributed by atoms with Gasteiger partial charge in [-0.1, -0.05) is 12.1 Å². The molecule has 0 spiro atoms. The minimum absolute atomic E-state index is 0.268. The van der Waals surface area contributed by atoms with Gasteiger partial charge >= 0.3 is 0 Å². The summed E-state index contributed by atoms with van der Waals surface area (Å²) in [7, 11) is 1.66. The predicted molar refractivity (Wildman–Crippen MR) is 84.9 cm³/mol. The van der Waals surface area contributed by atoms with Crippen LogP contribution in [0.5, 0.6) is 5.75 Å². The van der Waals surface area contributed by atoms with Gasteiger partial charge in [0.15, 0.2) is 11.6 Å². The van der Waals surface area contributed by atoms with E-state index in [1.165, 1.54) is 6.07 Å². The molecule has 0 aliphatic carbocycles. The highest BCUT2D eigenvalue weighted by molar-refractivity contribution is 5.23. The van der Waals surface area contributed by atoms with E-state index in [1.54, 1.807) is 25.3 Å². The van der Waals surface area contributed by atoms with Gasteiger partial charge in [0.05, 0.1) is 6.04 Å². The summed E-state index contributed by atoms with van der Waals surface area (Å²) < 4.78 is 30.0. The third-order valence-electron chi connectivity index (χ3n) is 4.13. The number of hydrogen-bond acceptors (Lipinski definition) is 4. The van der Waals surface area contributed by atoms with E-state index in [9.17, 15) is 4.39 Å². The minimum Gasteiger partial charge on any atom is -0.489 e. The van der Waals surface area contributed by atoms with Gasteiger partial charge < -0.3 is 13.9 Å². The Morgan fingerprint density at radius 3 is 2.96 bits per heavy atom. The predicted octanol–water partition coefficient (Wildman–Crippen LogP) is 3.78. The lowest BCUT2D eigenvalue weighted by Gasteiger charge is -2.22. The van der Waals surface area contributed by atoms with E-state index < -0.39 is 0 Å². The maximum absolute atomic E-state index is 13.5. The Labute approximate surface area is 135 Å². The summed E-state index contributed by atoms with van der Waals surface area (Å²) >= 11 is 0. The van der Waals surface area contributed by atoms with Crippen LogP contribution in [0.2, 0.25) is 0 Å². The second kappa shape index (κ2) is 7.62. The molecule has 4 nitrogen and oxygen atoms in total. The number of para-hydroxylation sites is 1. The number of likely N-dealkylation sites (tertiary alicyclic amines) is 1. The second-order valence-corrected chi connectivity index (χ2v) is 5.71. The molecule has 1 saturated heterocycles. The highest BCUT2D eigenvalue weighted by atomic mass is 19.1. The first-order valence-electron chi connectivity index (χ1n) is 7.97. The number of rotatable bonds is 7. The first kappa shape index (κ1) is 16.0. The molecule has 124 valence electrons. The van der Waals surface area contributed by atoms with Crippen molar-refractivity contribution in [2.45, 2.75) is 25.5 Å². The van der Waals surface area contributed by atoms with Gasteiger partial charge in [0, 0.05) is 13.7 Å². The van der Waals surface area contributed by atoms with Gasteiger partial charge in [-0.05, 0) is 43.7 Å². The van der Waals surface area contributed by atoms with Crippen molar-refractivity contribution >= 4 is 0 Å². The van der Waals surface area contributed by atoms with Crippen molar-refractivity contribution < 1.29 is 18.3 Å². The van der Waals surface area contributed by atoms with E-state index in [4.69, 9.17) is 13.9 Å². The molecule has 1 unspecified atom stereocenters. The highest BCUT2D eigenvalue weighted by Crippen LogP contribution is 2.32. The number of benzene rings is 1. The minimum atomic E-state index is -0.319. The molecule has 0 radical (unpaired) electrons. The van der Waals surface area contributed by atoms with Crippen LogP contribution in [-0.2, 0) is 11.3 Å². The Bertz CT molecular complexity index is 628. The Morgan fingerprint density at radius 2 is 2.13 bits per heavy atom. The molecule has 2 heterocycles. The zero-order valence-electron chi connectivity index (χ0n) is 13.3. The van der Waals surface area contributed by atoms with Crippen molar-refractivity contribution in [3.63, 3.8) is 0 Å². The van der Waals surface area contributed by atoms with E-state index in [0.29, 0.717) is 19.0 Å². The SMILES string of the molecule is COCc1ccc(C2CCCN2CCOc2ccccc2F)o1. The molecule has 1 aromatic heterocycles. The lowest BCUT2D eigenvalue weighted by Crippen LogP contribution is -2.28. The van der Waals surface area contributed by atoms with Crippen molar-refractivity contribution in [2.24, 2.45) is 0 Å². The zero-order chi connectivity index (χ0) is 16.1. The monoisotopic (exact) mass is 319 g/mol. The second-order valence-electron chi connectivity index (χ2n) is 5.71. The standard InChI is InChI=1S/C18H22FNO3/c1-21-13-14-8-9-18(23-14)16-6-4-10-20(16)11-12-22-17-7-3-2-5-15(17)19/h2-3,5,7-9,16H,4,6,10-13H2,1H3. The number of hydrogen-bond donors (Lipinski definition) is 0. The number of methoxy groups -OCH3 is 1. The highest BCUT2D eigenvalue weighted by Gasteiger charge is 2.28. The van der Waals surface area contributed by atoms with E-state index in [1.807, 2.05) is 12.1 Å². The normalized spacial score (nSPS) is 18.4. The molecule has 3 rings (SSSR count). The van der Waals surface area contributed by atoms with Crippen molar-refractivity contribution in [2.75, 3.05) is 26.8 Å². The van der Waals surface area contributed by atoms with E-state index in [2.05, 4.69) is 4.90 Å². The van der Waals surface area contributed by atoms with Crippen molar-refractivity contribution in [3.8, 4) is 5.75 Å². The quantitative estimate of drug-likeness (QED) is 0.778. The van der Waals surface area contributed by atoms with Crippen LogP contribution in [0.1, 0.15) is 30.4 Å². The molecule has 1 aliphatic heterocycles. The smallest absolute Gasteiger partial charge is 0.165 e. The Balaban J connectivity index is 1.55. The third kappa shape index (κ3) is 3.92. The van der Waals surface area contributed by atoms with Gasteiger partial charge in [-0.3, -0.25) is 4.90 Å². The lowest BCUT2D eigenvalue weighted by molar-refractivity contribution is 0.151. The fourth-order valence-corrected chi connectivity index (χ4v) is 3.04. The number of furan rings is 1. The summed E-state index contributed by atoms with van der Waals surface area (Å²) in [5.74, 6) is 1.81. The van der Waals surface area contributed by atoms with Crippen LogP contribution in [-0.4, -0.2) is 31.7 Å². The van der Waals surface area contributed by atoms with E-state index in [-0.39, 0.29) is 11.9 Å². The average Bonchev–Trinajstić information content (AvgIpc) is 3.18. The molecule has 1 aromatic carbocycles. The molecule has 1 fully saturated rings. The van der Waals surface area contributed by atoms with Gasteiger partial charge in [0.1, 0.15) is 24.7 Å². The largest absolute Gasteiger partial charge is 0.489 e. The fourth-order valence-electron chi connectivity index (χ4n) is 3.04. The summed E-state index contributed by atoms with van der Waals surface area (Å²) in [6.07, 6.45) is 2.20. The maximum atomic E-state index is 13.5. The van der Waals surface area contributed by atoms with Gasteiger partial charge in [-0.25, -0.2) is 4.39 Å². The molecule has 23 heavy (non-hydrogen) atoms. The van der Waals surface area contributed by atoms with Crippen LogP contribution in [0.3, 0.4) is 0 Å². The molecule has 0 saturated carbocycles. The van der Waals surface area contributed by atoms with Crippen molar-refractivity contribution in [1.82, 2.24) is 4.90 Å². The summed E-state index contributed by atoms with van der Waals surface area (Å²) in [6.45, 7) is 2.71. The molecule has 5 heteroatoms. The molecule has 0 bridgehead atoms. The summed E-state index contributed by atoms with van der Waals surface area (Å²) in [6, 6.07) is 10.8. The number of halogens is 1. The number of nitrogens with zero attached hydrogens (tertiary/aromatic N) is 1. The Hall–Kier alpha value is -1.85. The molecule has 2 aromatic rings. The van der Waals surface area contributed by atoms with Crippen molar-refractivity contribution in [1.29, 1.82) is 0 Å². The third-order valence-corrected chi connectivity index (χ3v) is 4.13. The summed E-state index contributed by atoms with van der Waals surface area (Å²) in [4.78, 5) is 2.33. The van der Waals surface area contributed by atoms with Crippen LogP contribution in [0.25, 0.3) is 0 Å². The average molecular weight is 319 g/mol. The summed E-state index contributed by atoms with van der Waals surface area (Å²) in [5, 5.41) is 0. The topological polar surface area (TPSA) is 34.8 Å². The Kier molecular flexibility index (Phi) is 5.31. The fraction of sp³-hybridized carbons (Fsp3) is 0.444. The van der Waals surface area contributed by atoms with Crippen LogP contribution in [0, 0.1) is 5.82 Å². The van der Waals surface area contributed by atoms with Crippen LogP contribution in [0.15, 0.2) is 40.8 Å². The van der Waals surface area contributed by atoms with Crippen LogP contribution < -0.4 is 4.74 Å². The van der Waals surface area contributed by atoms with Gasteiger partial charge in [0.25, 0.3) is 0 Å². The lowest BCUT2D eigenvalue weighted by atomic mass is 10.2. The van der Waals surface area contributed by atoms with Gasteiger partial charge in [-0.15, -0.1) is 0 Å². The Morgan fingerprint density at radius 1 is 1.26 bits per heavy atom. The van der Waals surface area contributed by atoms with Gasteiger partial charge in [0.2, 0.25) is 0 Å². The van der Waals surface area contributed by atoms with Gasteiger partial charge in [-0.2, -0.15) is 0 Å². The molecular formula is C18H22FNO3. The molecular weight excluding hydrogens is 297 g/mol. The molecule has 1 aliphatic rings. The molecule has 1 atom stereocenters. The summed E-state index contributed by atoms with van der Waals surface area (Å²) in [5.41, 5.74) is 0. The number of ether oxygens (including phenoxy) is 2.